The van der Waals surface area contributed by atoms with Crippen molar-refractivity contribution < 1.29 is 4.39 Å². The summed E-state index contributed by atoms with van der Waals surface area (Å²) < 4.78 is 12.7. The summed E-state index contributed by atoms with van der Waals surface area (Å²) in [6.45, 7) is 3.17. The lowest BCUT2D eigenvalue weighted by atomic mass is 10.1. The summed E-state index contributed by atoms with van der Waals surface area (Å²) in [5.74, 6) is -0.239. The van der Waals surface area contributed by atoms with E-state index in [1.54, 1.807) is 6.07 Å². The first-order valence-electron chi connectivity index (χ1n) is 4.00. The van der Waals surface area contributed by atoms with Crippen molar-refractivity contribution in [3.63, 3.8) is 0 Å². The maximum absolute atomic E-state index is 12.7. The Morgan fingerprint density at radius 1 is 1.50 bits per heavy atom. The maximum atomic E-state index is 12.7. The predicted octanol–water partition coefficient (Wildman–Crippen LogP) is 1.72. The molecule has 0 unspecified atom stereocenters. The molecule has 0 spiro atoms. The molecule has 66 valence electrons. The molecular weight excluding hydrogens is 155 g/mol. The third-order valence-electron chi connectivity index (χ3n) is 1.65. The fraction of sp³-hybridized carbons (Fsp3) is 0.333. The Morgan fingerprint density at radius 2 is 2.25 bits per heavy atom. The molecule has 0 saturated carbocycles. The highest BCUT2D eigenvalue weighted by atomic mass is 19.1. The van der Waals surface area contributed by atoms with Gasteiger partial charge in [0, 0.05) is 18.8 Å². The Balaban J connectivity index is 2.94. The van der Waals surface area contributed by atoms with Crippen LogP contribution in [0.15, 0.2) is 18.2 Å². The average Bonchev–Trinajstić information content (AvgIpc) is 2.08. The van der Waals surface area contributed by atoms with Gasteiger partial charge in [0.05, 0.1) is 0 Å². The van der Waals surface area contributed by atoms with Crippen molar-refractivity contribution in [3.8, 4) is 0 Å². The molecule has 2 nitrogen and oxygen atoms in total. The summed E-state index contributed by atoms with van der Waals surface area (Å²) in [6.07, 6.45) is 0. The van der Waals surface area contributed by atoms with E-state index in [4.69, 9.17) is 5.73 Å². The number of benzene rings is 1. The van der Waals surface area contributed by atoms with Crippen LogP contribution in [0.4, 0.5) is 10.1 Å². The molecule has 0 saturated heterocycles. The first kappa shape index (κ1) is 9.00. The van der Waals surface area contributed by atoms with E-state index in [0.717, 1.165) is 17.8 Å². The van der Waals surface area contributed by atoms with E-state index in [9.17, 15) is 4.39 Å². The molecule has 0 amide bonds. The minimum Gasteiger partial charge on any atom is -0.385 e. The van der Waals surface area contributed by atoms with Crippen LogP contribution in [0.2, 0.25) is 0 Å². The Kier molecular flexibility index (Phi) is 3.05. The molecule has 0 aliphatic carbocycles. The van der Waals surface area contributed by atoms with E-state index in [1.165, 1.54) is 12.1 Å². The summed E-state index contributed by atoms with van der Waals surface area (Å²) in [7, 11) is 0. The second-order valence-electron chi connectivity index (χ2n) is 2.54. The zero-order chi connectivity index (χ0) is 8.97. The maximum Gasteiger partial charge on any atom is 0.123 e. The van der Waals surface area contributed by atoms with Crippen LogP contribution in [-0.2, 0) is 6.54 Å². The van der Waals surface area contributed by atoms with Gasteiger partial charge in [-0.3, -0.25) is 0 Å². The summed E-state index contributed by atoms with van der Waals surface area (Å²) in [5.41, 5.74) is 7.18. The van der Waals surface area contributed by atoms with E-state index < -0.39 is 0 Å². The number of anilines is 1. The quantitative estimate of drug-likeness (QED) is 0.721. The van der Waals surface area contributed by atoms with E-state index >= 15 is 0 Å². The Morgan fingerprint density at radius 3 is 2.83 bits per heavy atom. The topological polar surface area (TPSA) is 38.0 Å². The Hall–Kier alpha value is -1.09. The van der Waals surface area contributed by atoms with Crippen molar-refractivity contribution in [3.05, 3.63) is 29.6 Å². The molecule has 0 aliphatic heterocycles. The SMILES string of the molecule is CCNc1ccc(F)cc1CN. The van der Waals surface area contributed by atoms with Crippen molar-refractivity contribution in [2.24, 2.45) is 5.73 Å². The molecule has 0 aliphatic rings. The lowest BCUT2D eigenvalue weighted by Crippen LogP contribution is -2.05. The highest BCUT2D eigenvalue weighted by Crippen LogP contribution is 2.15. The molecule has 0 aromatic heterocycles. The second-order valence-corrected chi connectivity index (χ2v) is 2.54. The minimum atomic E-state index is -0.239. The molecule has 0 atom stereocenters. The van der Waals surface area contributed by atoms with Crippen LogP contribution in [0.1, 0.15) is 12.5 Å². The zero-order valence-corrected chi connectivity index (χ0v) is 7.10. The Bertz CT molecular complexity index is 261. The fourth-order valence-electron chi connectivity index (χ4n) is 1.09. The van der Waals surface area contributed by atoms with Gasteiger partial charge in [-0.05, 0) is 30.7 Å². The van der Waals surface area contributed by atoms with Crippen LogP contribution < -0.4 is 11.1 Å². The van der Waals surface area contributed by atoms with Crippen LogP contribution in [0, 0.1) is 5.82 Å². The molecule has 1 aromatic carbocycles. The smallest absolute Gasteiger partial charge is 0.123 e. The van der Waals surface area contributed by atoms with Crippen molar-refractivity contribution >= 4 is 5.69 Å². The zero-order valence-electron chi connectivity index (χ0n) is 7.10. The summed E-state index contributed by atoms with van der Waals surface area (Å²) in [4.78, 5) is 0. The van der Waals surface area contributed by atoms with Crippen LogP contribution in [0.25, 0.3) is 0 Å². The van der Waals surface area contributed by atoms with Gasteiger partial charge in [-0.1, -0.05) is 0 Å². The third-order valence-corrected chi connectivity index (χ3v) is 1.65. The molecule has 3 heteroatoms. The van der Waals surface area contributed by atoms with Crippen LogP contribution >= 0.6 is 0 Å². The van der Waals surface area contributed by atoms with Gasteiger partial charge in [-0.25, -0.2) is 4.39 Å². The van der Waals surface area contributed by atoms with Crippen LogP contribution in [0.5, 0.6) is 0 Å². The largest absolute Gasteiger partial charge is 0.385 e. The normalized spacial score (nSPS) is 9.92. The van der Waals surface area contributed by atoms with Gasteiger partial charge < -0.3 is 11.1 Å². The van der Waals surface area contributed by atoms with Gasteiger partial charge in [-0.2, -0.15) is 0 Å². The fourth-order valence-corrected chi connectivity index (χ4v) is 1.09. The van der Waals surface area contributed by atoms with Gasteiger partial charge in [0.25, 0.3) is 0 Å². The van der Waals surface area contributed by atoms with Crippen molar-refractivity contribution in [2.45, 2.75) is 13.5 Å². The molecule has 0 fully saturated rings. The molecular formula is C9H13FN2. The number of hydrogen-bond donors (Lipinski definition) is 2. The Labute approximate surface area is 71.6 Å². The predicted molar refractivity (Wildman–Crippen MR) is 48.5 cm³/mol. The van der Waals surface area contributed by atoms with Gasteiger partial charge in [-0.15, -0.1) is 0 Å². The molecule has 0 heterocycles. The van der Waals surface area contributed by atoms with Crippen LogP contribution in [0.3, 0.4) is 0 Å². The second kappa shape index (κ2) is 4.07. The highest BCUT2D eigenvalue weighted by Gasteiger charge is 2.00. The summed E-state index contributed by atoms with van der Waals surface area (Å²) >= 11 is 0. The standard InChI is InChI=1S/C9H13FN2/c1-2-12-9-4-3-8(10)5-7(9)6-11/h3-5,12H,2,6,11H2,1H3. The van der Waals surface area contributed by atoms with Crippen molar-refractivity contribution in [1.29, 1.82) is 0 Å². The number of rotatable bonds is 3. The first-order chi connectivity index (χ1) is 5.77. The number of nitrogens with one attached hydrogen (secondary N) is 1. The lowest BCUT2D eigenvalue weighted by molar-refractivity contribution is 0.625. The monoisotopic (exact) mass is 168 g/mol. The van der Waals surface area contributed by atoms with Gasteiger partial charge in [0.1, 0.15) is 5.82 Å². The summed E-state index contributed by atoms with van der Waals surface area (Å²) in [6, 6.07) is 4.59. The van der Waals surface area contributed by atoms with Crippen molar-refractivity contribution in [2.75, 3.05) is 11.9 Å². The lowest BCUT2D eigenvalue weighted by Gasteiger charge is -2.08. The van der Waals surface area contributed by atoms with E-state index in [0.29, 0.717) is 6.54 Å². The van der Waals surface area contributed by atoms with Gasteiger partial charge in [0.2, 0.25) is 0 Å². The summed E-state index contributed by atoms with van der Waals surface area (Å²) in [5, 5.41) is 3.11. The van der Waals surface area contributed by atoms with E-state index in [-0.39, 0.29) is 5.82 Å². The molecule has 12 heavy (non-hydrogen) atoms. The van der Waals surface area contributed by atoms with E-state index in [1.807, 2.05) is 6.92 Å². The number of halogens is 1. The third kappa shape index (κ3) is 1.95. The average molecular weight is 168 g/mol. The molecule has 0 bridgehead atoms. The molecule has 1 aromatic rings. The first-order valence-corrected chi connectivity index (χ1v) is 4.00. The highest BCUT2D eigenvalue weighted by molar-refractivity contribution is 5.51. The molecule has 0 radical (unpaired) electrons. The minimum absolute atomic E-state index is 0.239. The van der Waals surface area contributed by atoms with E-state index in [2.05, 4.69) is 5.32 Å². The van der Waals surface area contributed by atoms with Crippen molar-refractivity contribution in [1.82, 2.24) is 0 Å². The molecule has 3 N–H and O–H groups in total. The van der Waals surface area contributed by atoms with Gasteiger partial charge in [0.15, 0.2) is 0 Å². The number of hydrogen-bond acceptors (Lipinski definition) is 2. The van der Waals surface area contributed by atoms with Crippen LogP contribution in [-0.4, -0.2) is 6.54 Å². The molecule has 1 rings (SSSR count). The number of nitrogens with two attached hydrogens (primary N) is 1. The van der Waals surface area contributed by atoms with Gasteiger partial charge >= 0.3 is 0 Å².